The summed E-state index contributed by atoms with van der Waals surface area (Å²) in [5.41, 5.74) is 1.27. The summed E-state index contributed by atoms with van der Waals surface area (Å²) in [5, 5.41) is 4.57. The number of nitrogens with one attached hydrogen (secondary N) is 1. The summed E-state index contributed by atoms with van der Waals surface area (Å²) in [7, 11) is 0. The topological polar surface area (TPSA) is 32.3 Å². The lowest BCUT2D eigenvalue weighted by atomic mass is 10.0. The number of anilines is 1. The Balaban J connectivity index is 1.65. The molecular weight excluding hydrogens is 306 g/mol. The number of rotatable bonds is 3. The molecule has 1 aliphatic heterocycles. The largest absolute Gasteiger partial charge is 0.322 e. The molecule has 0 unspecified atom stereocenters. The minimum Gasteiger partial charge on any atom is -0.322 e. The maximum absolute atomic E-state index is 13.6. The van der Waals surface area contributed by atoms with E-state index < -0.39 is 11.6 Å². The van der Waals surface area contributed by atoms with E-state index in [4.69, 9.17) is 0 Å². The zero-order chi connectivity index (χ0) is 15.7. The number of fused-ring (bicyclic) bond motifs is 1. The molecule has 0 saturated heterocycles. The normalized spacial score (nSPS) is 18.0. The van der Waals surface area contributed by atoms with Crippen molar-refractivity contribution in [3.8, 4) is 0 Å². The van der Waals surface area contributed by atoms with E-state index in [9.17, 15) is 13.6 Å². The molecule has 1 aromatic carbocycles. The second kappa shape index (κ2) is 6.14. The fourth-order valence-corrected chi connectivity index (χ4v) is 3.71. The number of carbonyl (C=O) groups excluding carboxylic acids is 1. The standard InChI is InChI=1S/C16H16F2N2OS/c1-10-12-5-7-22-15(12)4-6-20(10)9-16(21)19-14-3-2-11(17)8-13(14)18/h2-3,5,7-8,10H,4,6,9H2,1H3,(H,19,21)/t10-/m1/s1. The van der Waals surface area contributed by atoms with Gasteiger partial charge in [0.15, 0.2) is 0 Å². The molecule has 2 aromatic rings. The molecule has 3 nitrogen and oxygen atoms in total. The molecule has 1 aliphatic rings. The molecular formula is C16H16F2N2OS. The highest BCUT2D eigenvalue weighted by atomic mass is 32.1. The van der Waals surface area contributed by atoms with Gasteiger partial charge in [-0.05, 0) is 42.5 Å². The monoisotopic (exact) mass is 322 g/mol. The summed E-state index contributed by atoms with van der Waals surface area (Å²) in [6.07, 6.45) is 0.926. The number of carbonyl (C=O) groups is 1. The molecule has 116 valence electrons. The molecule has 22 heavy (non-hydrogen) atoms. The van der Waals surface area contributed by atoms with Crippen LogP contribution in [0.1, 0.15) is 23.4 Å². The predicted octanol–water partition coefficient (Wildman–Crippen LogP) is 3.58. The summed E-state index contributed by atoms with van der Waals surface area (Å²) >= 11 is 1.74. The van der Waals surface area contributed by atoms with E-state index in [-0.39, 0.29) is 24.2 Å². The minimum atomic E-state index is -0.764. The van der Waals surface area contributed by atoms with E-state index in [0.29, 0.717) is 0 Å². The zero-order valence-electron chi connectivity index (χ0n) is 12.1. The first-order valence-electron chi connectivity index (χ1n) is 7.10. The third-order valence-corrected chi connectivity index (χ3v) is 4.95. The van der Waals surface area contributed by atoms with Crippen LogP contribution in [-0.2, 0) is 11.2 Å². The first-order valence-corrected chi connectivity index (χ1v) is 7.98. The van der Waals surface area contributed by atoms with Gasteiger partial charge in [0, 0.05) is 23.5 Å². The van der Waals surface area contributed by atoms with Crippen molar-refractivity contribution in [2.45, 2.75) is 19.4 Å². The summed E-state index contributed by atoms with van der Waals surface area (Å²) in [4.78, 5) is 15.5. The first-order chi connectivity index (χ1) is 10.5. The first kappa shape index (κ1) is 15.1. The molecule has 0 bridgehead atoms. The molecule has 0 saturated carbocycles. The van der Waals surface area contributed by atoms with E-state index in [2.05, 4.69) is 28.6 Å². The van der Waals surface area contributed by atoms with Crippen molar-refractivity contribution in [1.29, 1.82) is 0 Å². The van der Waals surface area contributed by atoms with Crippen LogP contribution in [0.15, 0.2) is 29.6 Å². The number of nitrogens with zero attached hydrogens (tertiary/aromatic N) is 1. The minimum absolute atomic E-state index is 0.00675. The van der Waals surface area contributed by atoms with Crippen molar-refractivity contribution in [1.82, 2.24) is 4.90 Å². The Morgan fingerprint density at radius 1 is 1.41 bits per heavy atom. The van der Waals surface area contributed by atoms with E-state index >= 15 is 0 Å². The molecule has 3 rings (SSSR count). The van der Waals surface area contributed by atoms with Crippen molar-refractivity contribution in [3.05, 3.63) is 51.7 Å². The molecule has 1 atom stereocenters. The van der Waals surface area contributed by atoms with Crippen molar-refractivity contribution < 1.29 is 13.6 Å². The van der Waals surface area contributed by atoms with Gasteiger partial charge in [0.2, 0.25) is 5.91 Å². The number of amides is 1. The Morgan fingerprint density at radius 2 is 2.23 bits per heavy atom. The lowest BCUT2D eigenvalue weighted by Gasteiger charge is -2.32. The highest BCUT2D eigenvalue weighted by Crippen LogP contribution is 2.32. The summed E-state index contributed by atoms with van der Waals surface area (Å²) in [6.45, 7) is 3.05. The van der Waals surface area contributed by atoms with E-state index in [1.165, 1.54) is 16.5 Å². The third kappa shape index (κ3) is 3.03. The number of benzene rings is 1. The van der Waals surface area contributed by atoms with Gasteiger partial charge >= 0.3 is 0 Å². The fraction of sp³-hybridized carbons (Fsp3) is 0.312. The Bertz CT molecular complexity index is 701. The lowest BCUT2D eigenvalue weighted by Crippen LogP contribution is -2.39. The van der Waals surface area contributed by atoms with Gasteiger partial charge in [0.05, 0.1) is 12.2 Å². The maximum atomic E-state index is 13.6. The predicted molar refractivity (Wildman–Crippen MR) is 83.0 cm³/mol. The van der Waals surface area contributed by atoms with Gasteiger partial charge < -0.3 is 5.32 Å². The van der Waals surface area contributed by atoms with Gasteiger partial charge in [0.1, 0.15) is 11.6 Å². The molecule has 1 amide bonds. The smallest absolute Gasteiger partial charge is 0.238 e. The molecule has 0 aliphatic carbocycles. The van der Waals surface area contributed by atoms with Crippen molar-refractivity contribution >= 4 is 22.9 Å². The highest BCUT2D eigenvalue weighted by Gasteiger charge is 2.26. The van der Waals surface area contributed by atoms with Gasteiger partial charge in [-0.2, -0.15) is 0 Å². The third-order valence-electron chi connectivity index (χ3n) is 3.96. The van der Waals surface area contributed by atoms with Crippen molar-refractivity contribution in [3.63, 3.8) is 0 Å². The molecule has 0 spiro atoms. The highest BCUT2D eigenvalue weighted by molar-refractivity contribution is 7.10. The van der Waals surface area contributed by atoms with Crippen LogP contribution >= 0.6 is 11.3 Å². The van der Waals surface area contributed by atoms with Crippen LogP contribution < -0.4 is 5.32 Å². The fourth-order valence-electron chi connectivity index (χ4n) is 2.74. The lowest BCUT2D eigenvalue weighted by molar-refractivity contribution is -0.117. The van der Waals surface area contributed by atoms with Gasteiger partial charge in [-0.15, -0.1) is 11.3 Å². The average Bonchev–Trinajstić information content (AvgIpc) is 2.94. The Hall–Kier alpha value is -1.79. The van der Waals surface area contributed by atoms with Gasteiger partial charge in [-0.1, -0.05) is 0 Å². The van der Waals surface area contributed by atoms with Crippen LogP contribution in [0.5, 0.6) is 0 Å². The second-order valence-corrected chi connectivity index (χ2v) is 6.37. The zero-order valence-corrected chi connectivity index (χ0v) is 12.9. The van der Waals surface area contributed by atoms with Crippen LogP contribution in [0.2, 0.25) is 0 Å². The van der Waals surface area contributed by atoms with E-state index in [1.54, 1.807) is 11.3 Å². The SMILES string of the molecule is C[C@@H]1c2ccsc2CCN1CC(=O)Nc1ccc(F)cc1F. The second-order valence-electron chi connectivity index (χ2n) is 5.37. The summed E-state index contributed by atoms with van der Waals surface area (Å²) in [6, 6.07) is 5.38. The van der Waals surface area contributed by atoms with Crippen molar-refractivity contribution in [2.24, 2.45) is 0 Å². The Morgan fingerprint density at radius 3 is 3.00 bits per heavy atom. The molecule has 1 aromatic heterocycles. The number of thiophene rings is 1. The van der Waals surface area contributed by atoms with Gasteiger partial charge in [0.25, 0.3) is 0 Å². The number of hydrogen-bond donors (Lipinski definition) is 1. The van der Waals surface area contributed by atoms with E-state index in [0.717, 1.165) is 25.1 Å². The number of halogens is 2. The molecule has 0 fully saturated rings. The van der Waals surface area contributed by atoms with Crippen LogP contribution in [0, 0.1) is 11.6 Å². The molecule has 2 heterocycles. The molecule has 6 heteroatoms. The Labute approximate surface area is 131 Å². The van der Waals surface area contributed by atoms with Crippen LogP contribution in [0.25, 0.3) is 0 Å². The maximum Gasteiger partial charge on any atom is 0.238 e. The van der Waals surface area contributed by atoms with Crippen LogP contribution in [-0.4, -0.2) is 23.9 Å². The van der Waals surface area contributed by atoms with Crippen molar-refractivity contribution in [2.75, 3.05) is 18.4 Å². The quantitative estimate of drug-likeness (QED) is 0.937. The summed E-state index contributed by atoms with van der Waals surface area (Å²) in [5.74, 6) is -1.72. The summed E-state index contributed by atoms with van der Waals surface area (Å²) < 4.78 is 26.4. The van der Waals surface area contributed by atoms with Gasteiger partial charge in [-0.3, -0.25) is 9.69 Å². The molecule has 0 radical (unpaired) electrons. The van der Waals surface area contributed by atoms with E-state index in [1.807, 2.05) is 0 Å². The Kier molecular flexibility index (Phi) is 4.22. The van der Waals surface area contributed by atoms with Crippen LogP contribution in [0.3, 0.4) is 0 Å². The number of hydrogen-bond acceptors (Lipinski definition) is 3. The van der Waals surface area contributed by atoms with Crippen LogP contribution in [0.4, 0.5) is 14.5 Å². The molecule has 1 N–H and O–H groups in total. The van der Waals surface area contributed by atoms with Gasteiger partial charge in [-0.25, -0.2) is 8.78 Å². The average molecular weight is 322 g/mol.